The van der Waals surface area contributed by atoms with E-state index in [4.69, 9.17) is 0 Å². The Labute approximate surface area is 94.1 Å². The lowest BCUT2D eigenvalue weighted by atomic mass is 10.1. The van der Waals surface area contributed by atoms with E-state index in [0.717, 1.165) is 8.19 Å². The summed E-state index contributed by atoms with van der Waals surface area (Å²) in [6.45, 7) is 0. The minimum atomic E-state index is 0.861. The van der Waals surface area contributed by atoms with Gasteiger partial charge in [0, 0.05) is 15.9 Å². The van der Waals surface area contributed by atoms with Crippen molar-refractivity contribution in [2.24, 2.45) is 0 Å². The molecule has 15 heavy (non-hydrogen) atoms. The van der Waals surface area contributed by atoms with Gasteiger partial charge < -0.3 is 0 Å². The van der Waals surface area contributed by atoms with Crippen LogP contribution in [0.25, 0.3) is 0 Å². The Hall–Kier alpha value is -0.660. The summed E-state index contributed by atoms with van der Waals surface area (Å²) < 4.78 is 0. The third kappa shape index (κ3) is 1.75. The van der Waals surface area contributed by atoms with Crippen LogP contribution in [0, 0.1) is 0 Å². The highest BCUT2D eigenvalue weighted by Gasteiger charge is 2.13. The Bertz CT molecular complexity index is 511. The zero-order valence-corrected chi connectivity index (χ0v) is 10.8. The normalized spacial score (nSPS) is 25.5. The van der Waals surface area contributed by atoms with Crippen LogP contribution in [0.15, 0.2) is 52.9 Å². The third-order valence-electron chi connectivity index (χ3n) is 2.38. The van der Waals surface area contributed by atoms with Crippen LogP contribution in [0.5, 0.6) is 0 Å². The fraction of sp³-hybridized carbons (Fsp3) is 0. The van der Waals surface area contributed by atoms with Gasteiger partial charge in [-0.05, 0) is 41.2 Å². The van der Waals surface area contributed by atoms with Gasteiger partial charge in [0.15, 0.2) is 0 Å². The molecule has 3 heteroatoms. The summed E-state index contributed by atoms with van der Waals surface area (Å²) in [5, 5.41) is 4.48. The van der Waals surface area contributed by atoms with Crippen LogP contribution < -0.4 is 0 Å². The van der Waals surface area contributed by atoms with Crippen molar-refractivity contribution in [1.29, 1.82) is 0 Å². The predicted octanol–water partition coefficient (Wildman–Crippen LogP) is 4.28. The monoisotopic (exact) mass is 246 g/mol. The van der Waals surface area contributed by atoms with Gasteiger partial charge in [0.25, 0.3) is 0 Å². The standard InChI is InChI=1S/C12H9P3/c1-3-10(13-6-1)9-5-8-15-12(9)11-4-2-7-14-11/h1-8,14H. The second kappa shape index (κ2) is 4.07. The van der Waals surface area contributed by atoms with Crippen LogP contribution in [-0.2, 0) is 0 Å². The predicted molar refractivity (Wildman–Crippen MR) is 75.3 cm³/mol. The topological polar surface area (TPSA) is 0 Å². The molecular formula is C12H9P3. The van der Waals surface area contributed by atoms with Gasteiger partial charge in [-0.2, -0.15) is 0 Å². The van der Waals surface area contributed by atoms with E-state index in [-0.39, 0.29) is 0 Å². The Morgan fingerprint density at radius 3 is 2.93 bits per heavy atom. The summed E-state index contributed by atoms with van der Waals surface area (Å²) in [6.07, 6.45) is 6.65. The fourth-order valence-corrected chi connectivity index (χ4v) is 4.76. The SMILES string of the molecule is C1=CC(=C2C=CP=C2c2ccc[pH]2)P=C1. The van der Waals surface area contributed by atoms with E-state index in [9.17, 15) is 0 Å². The van der Waals surface area contributed by atoms with Gasteiger partial charge in [-0.15, -0.1) is 8.19 Å². The molecule has 0 saturated carbocycles. The highest BCUT2D eigenvalue weighted by molar-refractivity contribution is 7.50. The van der Waals surface area contributed by atoms with Crippen LogP contribution >= 0.6 is 24.6 Å². The fourth-order valence-electron chi connectivity index (χ4n) is 1.69. The third-order valence-corrected chi connectivity index (χ3v) is 5.71. The van der Waals surface area contributed by atoms with Crippen molar-refractivity contribution in [2.75, 3.05) is 0 Å². The van der Waals surface area contributed by atoms with Gasteiger partial charge in [0.1, 0.15) is 0 Å². The van der Waals surface area contributed by atoms with E-state index >= 15 is 0 Å². The summed E-state index contributed by atoms with van der Waals surface area (Å²) in [6, 6.07) is 4.43. The molecule has 3 rings (SSSR count). The van der Waals surface area contributed by atoms with Gasteiger partial charge in [0.05, 0.1) is 0 Å². The molecule has 0 spiro atoms. The molecule has 0 radical (unpaired) electrons. The lowest BCUT2D eigenvalue weighted by molar-refractivity contribution is 1.78. The highest BCUT2D eigenvalue weighted by atomic mass is 31.1. The number of rotatable bonds is 1. The molecule has 2 aliphatic heterocycles. The first-order valence-corrected chi connectivity index (χ1v) is 7.79. The lowest BCUT2D eigenvalue weighted by Crippen LogP contribution is -1.95. The molecule has 1 aromatic rings. The van der Waals surface area contributed by atoms with Crippen molar-refractivity contribution in [3.63, 3.8) is 0 Å². The van der Waals surface area contributed by atoms with Gasteiger partial charge in [-0.1, -0.05) is 28.6 Å². The van der Waals surface area contributed by atoms with E-state index in [2.05, 4.69) is 47.8 Å². The average Bonchev–Trinajstić information content (AvgIpc) is 3.01. The molecule has 0 nitrogen and oxygen atoms in total. The molecule has 0 aromatic carbocycles. The van der Waals surface area contributed by atoms with E-state index < -0.39 is 0 Å². The highest BCUT2D eigenvalue weighted by Crippen LogP contribution is 2.35. The Morgan fingerprint density at radius 2 is 2.20 bits per heavy atom. The molecule has 3 heterocycles. The second-order valence-corrected chi connectivity index (χ2v) is 6.52. The van der Waals surface area contributed by atoms with E-state index in [1.807, 2.05) is 0 Å². The second-order valence-electron chi connectivity index (χ2n) is 3.31. The first-order chi connectivity index (χ1) is 7.45. The minimum absolute atomic E-state index is 0.861. The zero-order chi connectivity index (χ0) is 10.1. The van der Waals surface area contributed by atoms with Crippen LogP contribution in [0.4, 0.5) is 0 Å². The average molecular weight is 246 g/mol. The summed E-state index contributed by atoms with van der Waals surface area (Å²) in [5.41, 5.74) is 1.45. The van der Waals surface area contributed by atoms with E-state index in [0.29, 0.717) is 0 Å². The molecule has 1 aromatic heterocycles. The number of hydrogen-bond acceptors (Lipinski definition) is 0. The van der Waals surface area contributed by atoms with Crippen LogP contribution in [0.3, 0.4) is 0 Å². The molecule has 0 aliphatic carbocycles. The van der Waals surface area contributed by atoms with E-state index in [1.54, 1.807) is 0 Å². The van der Waals surface area contributed by atoms with Gasteiger partial charge >= 0.3 is 0 Å². The molecule has 72 valence electrons. The van der Waals surface area contributed by atoms with Crippen LogP contribution in [0.2, 0.25) is 0 Å². The molecule has 0 bridgehead atoms. The van der Waals surface area contributed by atoms with Crippen LogP contribution in [0.1, 0.15) is 5.30 Å². The Morgan fingerprint density at radius 1 is 1.20 bits per heavy atom. The molecule has 0 N–H and O–H groups in total. The summed E-state index contributed by atoms with van der Waals surface area (Å²) in [4.78, 5) is 0. The maximum Gasteiger partial charge on any atom is 0.0209 e. The number of allylic oxidation sites excluding steroid dienone is 5. The molecule has 0 saturated heterocycles. The summed E-state index contributed by atoms with van der Waals surface area (Å²) in [7, 11) is 3.56. The van der Waals surface area contributed by atoms with Gasteiger partial charge in [-0.3, -0.25) is 0 Å². The molecule has 2 aliphatic rings. The minimum Gasteiger partial charge on any atom is -0.131 e. The molecular weight excluding hydrogens is 237 g/mol. The van der Waals surface area contributed by atoms with Crippen LogP contribution in [-0.4, -0.2) is 11.1 Å². The zero-order valence-electron chi connectivity index (χ0n) is 8.01. The van der Waals surface area contributed by atoms with Crippen molar-refractivity contribution < 1.29 is 0 Å². The van der Waals surface area contributed by atoms with E-state index in [1.165, 1.54) is 37.9 Å². The largest absolute Gasteiger partial charge is 0.131 e. The summed E-state index contributed by atoms with van der Waals surface area (Å²) >= 11 is 0. The quantitative estimate of drug-likeness (QED) is 0.648. The van der Waals surface area contributed by atoms with Gasteiger partial charge in [0.2, 0.25) is 0 Å². The first-order valence-electron chi connectivity index (χ1n) is 4.78. The molecule has 1 atom stereocenters. The Kier molecular flexibility index (Phi) is 2.59. The smallest absolute Gasteiger partial charge is 0.0209 e. The molecule has 0 amide bonds. The van der Waals surface area contributed by atoms with Crippen molar-refractivity contribution in [1.82, 2.24) is 0 Å². The van der Waals surface area contributed by atoms with Crippen molar-refractivity contribution >= 4 is 35.7 Å². The van der Waals surface area contributed by atoms with Crippen molar-refractivity contribution in [3.05, 3.63) is 58.2 Å². The summed E-state index contributed by atoms with van der Waals surface area (Å²) in [5.74, 6) is 6.71. The van der Waals surface area contributed by atoms with Crippen molar-refractivity contribution in [2.45, 2.75) is 0 Å². The first kappa shape index (κ1) is 9.56. The van der Waals surface area contributed by atoms with Crippen molar-refractivity contribution in [3.8, 4) is 0 Å². The maximum absolute atomic E-state index is 2.27. The number of hydrogen-bond donors (Lipinski definition) is 0. The Balaban J connectivity index is 2.09. The maximum atomic E-state index is 2.27. The van der Waals surface area contributed by atoms with Gasteiger partial charge in [-0.25, -0.2) is 0 Å². The molecule has 0 fully saturated rings. The lowest BCUT2D eigenvalue weighted by Gasteiger charge is -2.03. The molecule has 1 unspecified atom stereocenters.